The molecule has 0 atom stereocenters. The summed E-state index contributed by atoms with van der Waals surface area (Å²) in [7, 11) is 0. The molecule has 21 heavy (non-hydrogen) atoms. The molecule has 0 aliphatic heterocycles. The predicted molar refractivity (Wildman–Crippen MR) is 79.3 cm³/mol. The van der Waals surface area contributed by atoms with E-state index in [-0.39, 0.29) is 18.3 Å². The molecule has 0 aliphatic carbocycles. The Morgan fingerprint density at radius 3 is 2.81 bits per heavy atom. The summed E-state index contributed by atoms with van der Waals surface area (Å²) in [4.78, 5) is 11.7. The molecular formula is C16H17FN2O2. The van der Waals surface area contributed by atoms with Crippen LogP contribution >= 0.6 is 0 Å². The lowest BCUT2D eigenvalue weighted by Crippen LogP contribution is -2.28. The van der Waals surface area contributed by atoms with Crippen molar-refractivity contribution >= 4 is 11.6 Å². The van der Waals surface area contributed by atoms with Crippen LogP contribution in [-0.2, 0) is 11.3 Å². The maximum Gasteiger partial charge on any atom is 0.258 e. The van der Waals surface area contributed by atoms with Crippen LogP contribution in [0.3, 0.4) is 0 Å². The minimum Gasteiger partial charge on any atom is -0.484 e. The number of nitrogen functional groups attached to an aromatic ring is 1. The number of hydrogen-bond acceptors (Lipinski definition) is 3. The Morgan fingerprint density at radius 2 is 2.10 bits per heavy atom. The number of aryl methyl sites for hydroxylation is 1. The Morgan fingerprint density at radius 1 is 1.29 bits per heavy atom. The fourth-order valence-electron chi connectivity index (χ4n) is 1.82. The number of carbonyl (C=O) groups is 1. The van der Waals surface area contributed by atoms with Gasteiger partial charge in [-0.2, -0.15) is 0 Å². The molecular weight excluding hydrogens is 271 g/mol. The highest BCUT2D eigenvalue weighted by Gasteiger charge is 2.04. The number of ether oxygens (including phenoxy) is 1. The first-order chi connectivity index (χ1) is 10.0. The molecule has 0 fully saturated rings. The minimum absolute atomic E-state index is 0.0936. The van der Waals surface area contributed by atoms with E-state index in [9.17, 15) is 9.18 Å². The van der Waals surface area contributed by atoms with Crippen LogP contribution in [0.5, 0.6) is 5.75 Å². The molecule has 4 nitrogen and oxygen atoms in total. The largest absolute Gasteiger partial charge is 0.484 e. The van der Waals surface area contributed by atoms with E-state index in [2.05, 4.69) is 5.32 Å². The predicted octanol–water partition coefficient (Wildman–Crippen LogP) is 2.41. The monoisotopic (exact) mass is 288 g/mol. The number of halogens is 1. The lowest BCUT2D eigenvalue weighted by Gasteiger charge is -2.08. The van der Waals surface area contributed by atoms with Gasteiger partial charge in [-0.05, 0) is 36.2 Å². The molecule has 0 saturated carbocycles. The summed E-state index contributed by atoms with van der Waals surface area (Å²) >= 11 is 0. The third kappa shape index (κ3) is 4.49. The maximum absolute atomic E-state index is 13.1. The summed E-state index contributed by atoms with van der Waals surface area (Å²) in [5.74, 6) is 0.0391. The molecule has 0 unspecified atom stereocenters. The van der Waals surface area contributed by atoms with Crippen molar-refractivity contribution < 1.29 is 13.9 Å². The van der Waals surface area contributed by atoms with E-state index in [4.69, 9.17) is 10.5 Å². The molecule has 2 aromatic rings. The van der Waals surface area contributed by atoms with Gasteiger partial charge < -0.3 is 15.8 Å². The number of hydrogen-bond donors (Lipinski definition) is 2. The quantitative estimate of drug-likeness (QED) is 0.830. The molecule has 0 spiro atoms. The molecule has 0 radical (unpaired) electrons. The Labute approximate surface area is 122 Å². The van der Waals surface area contributed by atoms with Gasteiger partial charge >= 0.3 is 0 Å². The SMILES string of the molecule is Cc1cc(CNC(=O)COc2cccc(N)c2)ccc1F. The van der Waals surface area contributed by atoms with E-state index in [0.29, 0.717) is 23.5 Å². The molecule has 0 saturated heterocycles. The van der Waals surface area contributed by atoms with Crippen LogP contribution in [0.1, 0.15) is 11.1 Å². The summed E-state index contributed by atoms with van der Waals surface area (Å²) in [6, 6.07) is 11.6. The van der Waals surface area contributed by atoms with Gasteiger partial charge in [-0.1, -0.05) is 18.2 Å². The van der Waals surface area contributed by atoms with E-state index in [1.54, 1.807) is 43.3 Å². The zero-order chi connectivity index (χ0) is 15.2. The van der Waals surface area contributed by atoms with Crippen molar-refractivity contribution in [1.82, 2.24) is 5.32 Å². The second-order valence-electron chi connectivity index (χ2n) is 4.72. The average Bonchev–Trinajstić information content (AvgIpc) is 2.46. The van der Waals surface area contributed by atoms with Crippen molar-refractivity contribution in [2.24, 2.45) is 0 Å². The van der Waals surface area contributed by atoms with Gasteiger partial charge in [0.1, 0.15) is 11.6 Å². The lowest BCUT2D eigenvalue weighted by atomic mass is 10.1. The Hall–Kier alpha value is -2.56. The van der Waals surface area contributed by atoms with Gasteiger partial charge in [-0.15, -0.1) is 0 Å². The first-order valence-corrected chi connectivity index (χ1v) is 6.54. The first-order valence-electron chi connectivity index (χ1n) is 6.54. The maximum atomic E-state index is 13.1. The van der Waals surface area contributed by atoms with Gasteiger partial charge in [0.15, 0.2) is 6.61 Å². The van der Waals surface area contributed by atoms with Gasteiger partial charge in [0.05, 0.1) is 0 Å². The number of amides is 1. The van der Waals surface area contributed by atoms with Crippen LogP contribution in [-0.4, -0.2) is 12.5 Å². The highest BCUT2D eigenvalue weighted by molar-refractivity contribution is 5.77. The van der Waals surface area contributed by atoms with E-state index >= 15 is 0 Å². The van der Waals surface area contributed by atoms with Crippen molar-refractivity contribution in [2.45, 2.75) is 13.5 Å². The van der Waals surface area contributed by atoms with Crippen molar-refractivity contribution in [3.63, 3.8) is 0 Å². The summed E-state index contributed by atoms with van der Waals surface area (Å²) in [5.41, 5.74) is 7.59. The van der Waals surface area contributed by atoms with E-state index in [0.717, 1.165) is 5.56 Å². The van der Waals surface area contributed by atoms with Gasteiger partial charge in [0, 0.05) is 18.3 Å². The zero-order valence-electron chi connectivity index (χ0n) is 11.7. The highest BCUT2D eigenvalue weighted by atomic mass is 19.1. The minimum atomic E-state index is -0.255. The van der Waals surface area contributed by atoms with E-state index < -0.39 is 0 Å². The van der Waals surface area contributed by atoms with Crippen LogP contribution in [0.2, 0.25) is 0 Å². The van der Waals surface area contributed by atoms with Crippen molar-refractivity contribution in [1.29, 1.82) is 0 Å². The van der Waals surface area contributed by atoms with Crippen LogP contribution in [0.25, 0.3) is 0 Å². The fourth-order valence-corrected chi connectivity index (χ4v) is 1.82. The lowest BCUT2D eigenvalue weighted by molar-refractivity contribution is -0.123. The van der Waals surface area contributed by atoms with Gasteiger partial charge in [0.25, 0.3) is 5.91 Å². The smallest absolute Gasteiger partial charge is 0.258 e. The number of anilines is 1. The summed E-state index contributed by atoms with van der Waals surface area (Å²) in [5, 5.41) is 2.71. The summed E-state index contributed by atoms with van der Waals surface area (Å²) < 4.78 is 18.4. The van der Waals surface area contributed by atoms with Crippen molar-refractivity contribution in [3.8, 4) is 5.75 Å². The third-order valence-electron chi connectivity index (χ3n) is 2.94. The van der Waals surface area contributed by atoms with E-state index in [1.165, 1.54) is 6.07 Å². The van der Waals surface area contributed by atoms with Crippen LogP contribution < -0.4 is 15.8 Å². The number of benzene rings is 2. The Balaban J connectivity index is 1.80. The molecule has 5 heteroatoms. The summed E-state index contributed by atoms with van der Waals surface area (Å²) in [6.45, 7) is 1.92. The van der Waals surface area contributed by atoms with Crippen LogP contribution in [0, 0.1) is 12.7 Å². The second kappa shape index (κ2) is 6.74. The molecule has 0 aromatic heterocycles. The number of rotatable bonds is 5. The standard InChI is InChI=1S/C16H17FN2O2/c1-11-7-12(5-6-15(11)17)9-19-16(20)10-21-14-4-2-3-13(18)8-14/h2-8H,9-10,18H2,1H3,(H,19,20). The zero-order valence-corrected chi connectivity index (χ0v) is 11.7. The Kier molecular flexibility index (Phi) is 4.77. The van der Waals surface area contributed by atoms with Gasteiger partial charge in [-0.25, -0.2) is 4.39 Å². The molecule has 2 rings (SSSR count). The molecule has 0 bridgehead atoms. The van der Waals surface area contributed by atoms with Gasteiger partial charge in [0.2, 0.25) is 0 Å². The molecule has 110 valence electrons. The normalized spacial score (nSPS) is 10.2. The van der Waals surface area contributed by atoms with Crippen molar-refractivity contribution in [3.05, 3.63) is 59.4 Å². The van der Waals surface area contributed by atoms with Crippen molar-refractivity contribution in [2.75, 3.05) is 12.3 Å². The van der Waals surface area contributed by atoms with Crippen LogP contribution in [0.4, 0.5) is 10.1 Å². The average molecular weight is 288 g/mol. The number of carbonyl (C=O) groups excluding carboxylic acids is 1. The summed E-state index contributed by atoms with van der Waals surface area (Å²) in [6.07, 6.45) is 0. The molecule has 0 aliphatic rings. The third-order valence-corrected chi connectivity index (χ3v) is 2.94. The highest BCUT2D eigenvalue weighted by Crippen LogP contribution is 2.14. The molecule has 3 N–H and O–H groups in total. The van der Waals surface area contributed by atoms with Gasteiger partial charge in [-0.3, -0.25) is 4.79 Å². The number of nitrogens with one attached hydrogen (secondary N) is 1. The van der Waals surface area contributed by atoms with Crippen LogP contribution in [0.15, 0.2) is 42.5 Å². The fraction of sp³-hybridized carbons (Fsp3) is 0.188. The topological polar surface area (TPSA) is 64.3 Å². The van der Waals surface area contributed by atoms with E-state index in [1.807, 2.05) is 0 Å². The Bertz CT molecular complexity index is 644. The number of nitrogens with two attached hydrogens (primary N) is 1. The molecule has 2 aromatic carbocycles. The molecule has 1 amide bonds. The second-order valence-corrected chi connectivity index (χ2v) is 4.72. The first kappa shape index (κ1) is 14.8. The molecule has 0 heterocycles.